The molecule has 0 unspecified atom stereocenters. The van der Waals surface area contributed by atoms with Crippen molar-refractivity contribution in [1.29, 1.82) is 0 Å². The first kappa shape index (κ1) is 10.7. The highest BCUT2D eigenvalue weighted by Crippen LogP contribution is 2.14. The fourth-order valence-electron chi connectivity index (χ4n) is 1.55. The molecule has 4 nitrogen and oxygen atoms in total. The molecule has 2 heterocycles. The second-order valence-electron chi connectivity index (χ2n) is 3.55. The summed E-state index contributed by atoms with van der Waals surface area (Å²) in [5.74, 6) is 0. The van der Waals surface area contributed by atoms with Crippen molar-refractivity contribution in [2.75, 3.05) is 0 Å². The molecule has 0 aliphatic heterocycles. The van der Waals surface area contributed by atoms with Crippen molar-refractivity contribution < 1.29 is 0 Å². The molecule has 1 N–H and O–H groups in total. The van der Waals surface area contributed by atoms with Gasteiger partial charge in [-0.2, -0.15) is 0 Å². The number of halogens is 1. The number of nitrogens with zero attached hydrogens (tertiary/aromatic N) is 2. The van der Waals surface area contributed by atoms with E-state index in [4.69, 9.17) is 0 Å². The summed E-state index contributed by atoms with van der Waals surface area (Å²) in [6.07, 6.45) is 1.86. The van der Waals surface area contributed by atoms with Crippen molar-refractivity contribution in [2.45, 2.75) is 26.7 Å². The van der Waals surface area contributed by atoms with Crippen LogP contribution in [-0.2, 0) is 6.42 Å². The molecule has 2 aromatic heterocycles. The Hall–Kier alpha value is -0.850. The number of H-pyrrole nitrogens is 1. The molecule has 0 aliphatic carbocycles. The average molecular weight is 317 g/mol. The molecule has 0 amide bonds. The SMILES string of the molecule is CCCc1cc(=O)n2[nH]c(C)c(I)c2n1. The summed E-state index contributed by atoms with van der Waals surface area (Å²) in [5.41, 5.74) is 2.56. The number of hydrogen-bond donors (Lipinski definition) is 1. The standard InChI is InChI=1S/C10H12IN3O/c1-3-4-7-5-8(15)14-10(12-7)9(11)6(2)13-14/h5,13H,3-4H2,1-2H3. The van der Waals surface area contributed by atoms with E-state index < -0.39 is 0 Å². The molecule has 0 spiro atoms. The van der Waals surface area contributed by atoms with Gasteiger partial charge in [0.15, 0.2) is 5.65 Å². The topological polar surface area (TPSA) is 50.2 Å². The normalized spacial score (nSPS) is 11.1. The van der Waals surface area contributed by atoms with Crippen LogP contribution in [0, 0.1) is 10.5 Å². The molecule has 0 aromatic carbocycles. The second-order valence-corrected chi connectivity index (χ2v) is 4.62. The summed E-state index contributed by atoms with van der Waals surface area (Å²) in [7, 11) is 0. The number of hydrogen-bond acceptors (Lipinski definition) is 2. The summed E-state index contributed by atoms with van der Waals surface area (Å²) in [5, 5.41) is 3.00. The van der Waals surface area contributed by atoms with Gasteiger partial charge < -0.3 is 0 Å². The van der Waals surface area contributed by atoms with Gasteiger partial charge in [0.25, 0.3) is 5.56 Å². The smallest absolute Gasteiger partial charge is 0.272 e. The molecule has 0 bridgehead atoms. The van der Waals surface area contributed by atoms with Gasteiger partial charge in [-0.1, -0.05) is 13.3 Å². The van der Waals surface area contributed by atoms with Crippen LogP contribution in [0.4, 0.5) is 0 Å². The zero-order chi connectivity index (χ0) is 11.0. The Bertz CT molecular complexity index is 556. The number of rotatable bonds is 2. The molecule has 0 saturated carbocycles. The lowest BCUT2D eigenvalue weighted by molar-refractivity contribution is 0.833. The van der Waals surface area contributed by atoms with Gasteiger partial charge in [-0.05, 0) is 35.9 Å². The van der Waals surface area contributed by atoms with Crippen LogP contribution in [-0.4, -0.2) is 14.6 Å². The minimum Gasteiger partial charge on any atom is -0.293 e. The maximum absolute atomic E-state index is 11.7. The van der Waals surface area contributed by atoms with Gasteiger partial charge in [0.05, 0.1) is 3.57 Å². The zero-order valence-corrected chi connectivity index (χ0v) is 10.8. The Morgan fingerprint density at radius 1 is 1.60 bits per heavy atom. The van der Waals surface area contributed by atoms with Gasteiger partial charge in [-0.25, -0.2) is 9.50 Å². The van der Waals surface area contributed by atoms with E-state index in [2.05, 4.69) is 39.6 Å². The fraction of sp³-hybridized carbons (Fsp3) is 0.400. The number of fused-ring (bicyclic) bond motifs is 1. The Morgan fingerprint density at radius 3 is 3.00 bits per heavy atom. The summed E-state index contributed by atoms with van der Waals surface area (Å²) < 4.78 is 2.51. The van der Waals surface area contributed by atoms with Gasteiger partial charge in [0, 0.05) is 17.5 Å². The number of aromatic amines is 1. The summed E-state index contributed by atoms with van der Waals surface area (Å²) >= 11 is 2.21. The van der Waals surface area contributed by atoms with Crippen LogP contribution in [0.1, 0.15) is 24.7 Å². The van der Waals surface area contributed by atoms with Crippen molar-refractivity contribution in [3.8, 4) is 0 Å². The summed E-state index contributed by atoms with van der Waals surface area (Å²) in [6.45, 7) is 4.02. The molecule has 0 saturated heterocycles. The number of aryl methyl sites for hydroxylation is 2. The molecule has 5 heteroatoms. The minimum atomic E-state index is -0.0329. The maximum Gasteiger partial charge on any atom is 0.272 e. The third-order valence-electron chi connectivity index (χ3n) is 2.28. The molecule has 0 atom stereocenters. The van der Waals surface area contributed by atoms with Crippen LogP contribution in [0.25, 0.3) is 5.65 Å². The number of nitrogens with one attached hydrogen (secondary N) is 1. The quantitative estimate of drug-likeness (QED) is 0.860. The molecular formula is C10H12IN3O. The van der Waals surface area contributed by atoms with Crippen LogP contribution in [0.5, 0.6) is 0 Å². The Labute approximate surface area is 101 Å². The van der Waals surface area contributed by atoms with E-state index in [1.165, 1.54) is 4.52 Å². The summed E-state index contributed by atoms with van der Waals surface area (Å²) in [6, 6.07) is 1.60. The van der Waals surface area contributed by atoms with E-state index >= 15 is 0 Å². The van der Waals surface area contributed by atoms with Crippen molar-refractivity contribution in [2.24, 2.45) is 0 Å². The molecule has 2 aromatic rings. The van der Waals surface area contributed by atoms with Gasteiger partial charge in [0.1, 0.15) is 0 Å². The fourth-order valence-corrected chi connectivity index (χ4v) is 2.04. The van der Waals surface area contributed by atoms with E-state index in [1.807, 2.05) is 6.92 Å². The summed E-state index contributed by atoms with van der Waals surface area (Å²) in [4.78, 5) is 16.2. The highest BCUT2D eigenvalue weighted by atomic mass is 127. The number of aromatic nitrogens is 3. The van der Waals surface area contributed by atoms with E-state index in [0.29, 0.717) is 0 Å². The van der Waals surface area contributed by atoms with Crippen molar-refractivity contribution in [3.05, 3.63) is 31.4 Å². The molecular weight excluding hydrogens is 305 g/mol. The minimum absolute atomic E-state index is 0.0329. The molecule has 2 rings (SSSR count). The van der Waals surface area contributed by atoms with Gasteiger partial charge in [0.2, 0.25) is 0 Å². The Morgan fingerprint density at radius 2 is 2.33 bits per heavy atom. The lowest BCUT2D eigenvalue weighted by Gasteiger charge is -1.98. The van der Waals surface area contributed by atoms with Crippen molar-refractivity contribution in [1.82, 2.24) is 14.6 Å². The molecule has 0 aliphatic rings. The molecule has 0 fully saturated rings. The highest BCUT2D eigenvalue weighted by molar-refractivity contribution is 14.1. The van der Waals surface area contributed by atoms with Crippen LogP contribution in [0.2, 0.25) is 0 Å². The molecule has 0 radical (unpaired) electrons. The van der Waals surface area contributed by atoms with Gasteiger partial charge in [-0.3, -0.25) is 9.89 Å². The average Bonchev–Trinajstić information content (AvgIpc) is 2.46. The predicted molar refractivity (Wildman–Crippen MR) is 67.3 cm³/mol. The van der Waals surface area contributed by atoms with Crippen LogP contribution < -0.4 is 5.56 Å². The maximum atomic E-state index is 11.7. The Balaban J connectivity index is 2.74. The molecule has 80 valence electrons. The van der Waals surface area contributed by atoms with Crippen molar-refractivity contribution >= 4 is 28.2 Å². The largest absolute Gasteiger partial charge is 0.293 e. The third kappa shape index (κ3) is 1.80. The highest BCUT2D eigenvalue weighted by Gasteiger charge is 2.09. The lowest BCUT2D eigenvalue weighted by Crippen LogP contribution is -2.15. The first-order chi connectivity index (χ1) is 7.13. The Kier molecular flexibility index (Phi) is 2.81. The van der Waals surface area contributed by atoms with Gasteiger partial charge in [-0.15, -0.1) is 0 Å². The van der Waals surface area contributed by atoms with Gasteiger partial charge >= 0.3 is 0 Å². The second kappa shape index (κ2) is 3.96. The monoisotopic (exact) mass is 317 g/mol. The third-order valence-corrected chi connectivity index (χ3v) is 3.57. The van der Waals surface area contributed by atoms with E-state index in [9.17, 15) is 4.79 Å². The first-order valence-corrected chi connectivity index (χ1v) is 5.98. The van der Waals surface area contributed by atoms with Crippen LogP contribution in [0.3, 0.4) is 0 Å². The first-order valence-electron chi connectivity index (χ1n) is 4.90. The predicted octanol–water partition coefficient (Wildman–Crippen LogP) is 1.89. The van der Waals surface area contributed by atoms with Crippen molar-refractivity contribution in [3.63, 3.8) is 0 Å². The van der Waals surface area contributed by atoms with E-state index in [-0.39, 0.29) is 5.56 Å². The zero-order valence-electron chi connectivity index (χ0n) is 8.67. The van der Waals surface area contributed by atoms with E-state index in [0.717, 1.165) is 33.4 Å². The lowest BCUT2D eigenvalue weighted by atomic mass is 10.2. The van der Waals surface area contributed by atoms with Crippen LogP contribution >= 0.6 is 22.6 Å². The van der Waals surface area contributed by atoms with E-state index in [1.54, 1.807) is 6.07 Å². The van der Waals surface area contributed by atoms with Crippen LogP contribution in [0.15, 0.2) is 10.9 Å². The molecule has 15 heavy (non-hydrogen) atoms.